The number of hydrogen-bond donors (Lipinski definition) is 1. The first-order valence-electron chi connectivity index (χ1n) is 15.3. The van der Waals surface area contributed by atoms with Gasteiger partial charge in [0.25, 0.3) is 0 Å². The number of rotatable bonds is 12. The van der Waals surface area contributed by atoms with Crippen molar-refractivity contribution in [1.29, 1.82) is 0 Å². The van der Waals surface area contributed by atoms with E-state index in [4.69, 9.17) is 9.47 Å². The van der Waals surface area contributed by atoms with E-state index >= 15 is 0 Å². The lowest BCUT2D eigenvalue weighted by atomic mass is 9.99. The third kappa shape index (κ3) is 6.90. The number of hydrogen-bond acceptors (Lipinski definition) is 3. The van der Waals surface area contributed by atoms with Crippen LogP contribution in [-0.4, -0.2) is 37.5 Å². The molecule has 2 heterocycles. The van der Waals surface area contributed by atoms with E-state index in [-0.39, 0.29) is 0 Å². The van der Waals surface area contributed by atoms with E-state index < -0.39 is 0 Å². The lowest BCUT2D eigenvalue weighted by Gasteiger charge is -2.16. The molecule has 0 aliphatic carbocycles. The molecule has 0 saturated carbocycles. The molecular weight excluding hydrogens is 478 g/mol. The first-order chi connectivity index (χ1) is 19.3. The van der Waals surface area contributed by atoms with Crippen LogP contribution in [-0.2, 0) is 22.3 Å². The van der Waals surface area contributed by atoms with E-state index in [2.05, 4.69) is 90.2 Å². The lowest BCUT2D eigenvalue weighted by molar-refractivity contribution is 0.0332. The molecule has 4 aromatic rings. The molecule has 39 heavy (non-hydrogen) atoms. The van der Waals surface area contributed by atoms with Gasteiger partial charge in [0.15, 0.2) is 0 Å². The average molecular weight is 522 g/mol. The molecule has 2 aliphatic rings. The maximum Gasteiger partial charge on any atom is 0.0592 e. The van der Waals surface area contributed by atoms with E-state index in [0.717, 1.165) is 51.6 Å². The molecule has 0 radical (unpaired) electrons. The summed E-state index contributed by atoms with van der Waals surface area (Å²) >= 11 is 0. The van der Waals surface area contributed by atoms with Crippen LogP contribution in [0.2, 0.25) is 0 Å². The number of fused-ring (bicyclic) bond motifs is 2. The highest BCUT2D eigenvalue weighted by molar-refractivity contribution is 5.86. The Morgan fingerprint density at radius 3 is 1.38 bits per heavy atom. The maximum absolute atomic E-state index is 6.41. The van der Waals surface area contributed by atoms with E-state index in [1.54, 1.807) is 0 Å². The number of aryl methyl sites for hydroxylation is 2. The topological polar surface area (TPSA) is 30.5 Å². The Morgan fingerprint density at radius 1 is 0.487 bits per heavy atom. The summed E-state index contributed by atoms with van der Waals surface area (Å²) in [5.74, 6) is 0. The fraction of sp³-hybridized carbons (Fsp3) is 0.444. The summed E-state index contributed by atoms with van der Waals surface area (Å²) in [6.07, 6.45) is 13.1. The van der Waals surface area contributed by atoms with Gasteiger partial charge in [-0.3, -0.25) is 0 Å². The van der Waals surface area contributed by atoms with Crippen molar-refractivity contribution < 1.29 is 9.47 Å². The van der Waals surface area contributed by atoms with Gasteiger partial charge in [-0.1, -0.05) is 84.9 Å². The first-order valence-corrected chi connectivity index (χ1v) is 15.3. The molecule has 1 N–H and O–H groups in total. The molecule has 2 saturated heterocycles. The third-order valence-corrected chi connectivity index (χ3v) is 8.91. The van der Waals surface area contributed by atoms with Crippen LogP contribution in [0.1, 0.15) is 62.5 Å². The predicted octanol–water partition coefficient (Wildman–Crippen LogP) is 8.02. The Balaban J connectivity index is 0.844. The van der Waals surface area contributed by atoms with Crippen LogP contribution in [0.4, 0.5) is 0 Å². The van der Waals surface area contributed by atoms with E-state index in [1.807, 2.05) is 0 Å². The molecular formula is C36H43NO2. The Hall–Kier alpha value is -2.72. The first kappa shape index (κ1) is 26.5. The standard InChI is InChI=1S/C36H43NO2/c1-3-13-35-27(7-1)9-5-11-29(35)15-17-31-19-21-33(38-31)23-25-37-26-24-34-22-20-32(39-34)18-16-30-12-6-10-28-8-2-4-14-36(28)30/h1-14,31-34,37H,15-26H2. The molecule has 3 heteroatoms. The Morgan fingerprint density at radius 2 is 0.897 bits per heavy atom. The summed E-state index contributed by atoms with van der Waals surface area (Å²) in [7, 11) is 0. The smallest absolute Gasteiger partial charge is 0.0592 e. The largest absolute Gasteiger partial charge is 0.375 e. The molecule has 0 amide bonds. The van der Waals surface area contributed by atoms with Gasteiger partial charge < -0.3 is 14.8 Å². The van der Waals surface area contributed by atoms with Gasteiger partial charge in [-0.15, -0.1) is 0 Å². The normalized spacial score (nSPS) is 23.2. The molecule has 2 fully saturated rings. The van der Waals surface area contributed by atoms with Crippen molar-refractivity contribution in [2.75, 3.05) is 13.1 Å². The highest BCUT2D eigenvalue weighted by atomic mass is 16.5. The Labute approximate surface area is 233 Å². The zero-order valence-corrected chi connectivity index (χ0v) is 23.2. The van der Waals surface area contributed by atoms with Gasteiger partial charge in [-0.25, -0.2) is 0 Å². The number of benzene rings is 4. The molecule has 6 rings (SSSR count). The van der Waals surface area contributed by atoms with Gasteiger partial charge >= 0.3 is 0 Å². The second-order valence-electron chi connectivity index (χ2n) is 11.6. The fourth-order valence-corrected chi connectivity index (χ4v) is 6.71. The maximum atomic E-state index is 6.41. The minimum Gasteiger partial charge on any atom is -0.375 e. The van der Waals surface area contributed by atoms with Gasteiger partial charge in [-0.2, -0.15) is 0 Å². The van der Waals surface area contributed by atoms with Gasteiger partial charge in [0.2, 0.25) is 0 Å². The number of ether oxygens (including phenoxy) is 2. The average Bonchev–Trinajstić information content (AvgIpc) is 3.64. The van der Waals surface area contributed by atoms with Crippen molar-refractivity contribution in [2.45, 2.75) is 88.6 Å². The molecule has 0 spiro atoms. The second-order valence-corrected chi connectivity index (χ2v) is 11.6. The molecule has 4 unspecified atom stereocenters. The fourth-order valence-electron chi connectivity index (χ4n) is 6.71. The molecule has 204 valence electrons. The van der Waals surface area contributed by atoms with Gasteiger partial charge in [-0.05, 0) is 110 Å². The highest BCUT2D eigenvalue weighted by Crippen LogP contribution is 2.29. The van der Waals surface area contributed by atoms with Crippen molar-refractivity contribution in [3.05, 3.63) is 96.1 Å². The summed E-state index contributed by atoms with van der Waals surface area (Å²) in [6.45, 7) is 2.08. The summed E-state index contributed by atoms with van der Waals surface area (Å²) < 4.78 is 12.8. The molecule has 4 atom stereocenters. The van der Waals surface area contributed by atoms with Gasteiger partial charge in [0.1, 0.15) is 0 Å². The van der Waals surface area contributed by atoms with Crippen LogP contribution in [0, 0.1) is 0 Å². The van der Waals surface area contributed by atoms with Crippen molar-refractivity contribution in [2.24, 2.45) is 0 Å². The second kappa shape index (κ2) is 13.1. The monoisotopic (exact) mass is 521 g/mol. The SMILES string of the molecule is c1ccc2c(CCC3CCC(CCNCCC4CCC(CCc5cccc6ccccc56)O4)O3)cccc2c1. The minimum atomic E-state index is 0.409. The van der Waals surface area contributed by atoms with Crippen molar-refractivity contribution >= 4 is 21.5 Å². The summed E-state index contributed by atoms with van der Waals surface area (Å²) in [6, 6.07) is 30.8. The lowest BCUT2D eigenvalue weighted by Crippen LogP contribution is -2.25. The van der Waals surface area contributed by atoms with E-state index in [0.29, 0.717) is 24.4 Å². The Kier molecular flexibility index (Phi) is 8.89. The molecule has 2 aliphatic heterocycles. The van der Waals surface area contributed by atoms with Crippen molar-refractivity contribution in [1.82, 2.24) is 5.32 Å². The molecule has 3 nitrogen and oxygen atoms in total. The zero-order valence-electron chi connectivity index (χ0n) is 23.2. The van der Waals surface area contributed by atoms with Crippen LogP contribution >= 0.6 is 0 Å². The predicted molar refractivity (Wildman–Crippen MR) is 162 cm³/mol. The molecule has 4 aromatic carbocycles. The third-order valence-electron chi connectivity index (χ3n) is 8.91. The molecule has 0 bridgehead atoms. The van der Waals surface area contributed by atoms with Crippen LogP contribution in [0.15, 0.2) is 84.9 Å². The quantitative estimate of drug-likeness (QED) is 0.191. The summed E-state index contributed by atoms with van der Waals surface area (Å²) in [5, 5.41) is 9.12. The minimum absolute atomic E-state index is 0.409. The van der Waals surface area contributed by atoms with E-state index in [9.17, 15) is 0 Å². The van der Waals surface area contributed by atoms with Crippen LogP contribution in [0.5, 0.6) is 0 Å². The number of nitrogens with one attached hydrogen (secondary N) is 1. The van der Waals surface area contributed by atoms with Crippen LogP contribution in [0.25, 0.3) is 21.5 Å². The zero-order chi connectivity index (χ0) is 26.3. The van der Waals surface area contributed by atoms with Crippen molar-refractivity contribution in [3.8, 4) is 0 Å². The van der Waals surface area contributed by atoms with Crippen molar-refractivity contribution in [3.63, 3.8) is 0 Å². The summed E-state index contributed by atoms with van der Waals surface area (Å²) in [4.78, 5) is 0. The van der Waals surface area contributed by atoms with Crippen LogP contribution in [0.3, 0.4) is 0 Å². The van der Waals surface area contributed by atoms with E-state index in [1.165, 1.54) is 58.4 Å². The molecule has 0 aromatic heterocycles. The summed E-state index contributed by atoms with van der Waals surface area (Å²) in [5.41, 5.74) is 2.90. The van der Waals surface area contributed by atoms with Gasteiger partial charge in [0.05, 0.1) is 24.4 Å². The Bertz CT molecular complexity index is 1240. The van der Waals surface area contributed by atoms with Gasteiger partial charge in [0, 0.05) is 0 Å². The van der Waals surface area contributed by atoms with Crippen LogP contribution < -0.4 is 5.32 Å². The highest BCUT2D eigenvalue weighted by Gasteiger charge is 2.26.